The molecule has 0 saturated heterocycles. The van der Waals surface area contributed by atoms with Crippen molar-refractivity contribution in [2.75, 3.05) is 0 Å². The van der Waals surface area contributed by atoms with E-state index in [9.17, 15) is 0 Å². The van der Waals surface area contributed by atoms with Gasteiger partial charge < -0.3 is 0 Å². The van der Waals surface area contributed by atoms with Crippen LogP contribution < -0.4 is 3.02 Å². The summed E-state index contributed by atoms with van der Waals surface area (Å²) in [5, 5.41) is 2.29. The molecule has 0 fully saturated rings. The summed E-state index contributed by atoms with van der Waals surface area (Å²) in [7, 11) is 0. The number of rotatable bonds is 14. The molecule has 0 aliphatic carbocycles. The Labute approximate surface area is 146 Å². The molecular weight excluding hydrogens is 381 g/mol. The van der Waals surface area contributed by atoms with Gasteiger partial charge >= 0.3 is 114 Å². The number of aryl methyl sites for hydroxylation is 1. The first kappa shape index (κ1) is 19.5. The van der Waals surface area contributed by atoms with Crippen LogP contribution in [0.5, 0.6) is 0 Å². The second-order valence-corrected chi connectivity index (χ2v) is 10.7. The average molecular weight is 414 g/mol. The van der Waals surface area contributed by atoms with Crippen molar-refractivity contribution < 1.29 is 0 Å². The van der Waals surface area contributed by atoms with E-state index in [-0.39, 0.29) is 21.1 Å². The Hall–Kier alpha value is 0.429. The van der Waals surface area contributed by atoms with E-state index in [0.29, 0.717) is 0 Å². The summed E-state index contributed by atoms with van der Waals surface area (Å²) in [4.78, 5) is 7.07. The number of aromatic nitrogens is 1. The molecule has 1 heterocycles. The van der Waals surface area contributed by atoms with Crippen LogP contribution in [0.2, 0.25) is 4.94 Å². The molecule has 1 aromatic rings. The van der Waals surface area contributed by atoms with E-state index in [0.717, 1.165) is 0 Å². The summed E-state index contributed by atoms with van der Waals surface area (Å²) < 4.78 is 1.47. The molecule has 1 rings (SSSR count). The van der Waals surface area contributed by atoms with E-state index in [4.69, 9.17) is 4.98 Å². The fourth-order valence-electron chi connectivity index (χ4n) is 2.68. The SMILES string of the molecule is CCCCCCCCCCCCCCc1cs[c]([Sn][CH3])n1. The molecule has 0 N–H and O–H groups in total. The second kappa shape index (κ2) is 14.0. The van der Waals surface area contributed by atoms with E-state index in [1.807, 2.05) is 11.3 Å². The molecule has 0 atom stereocenters. The Morgan fingerprint density at radius 2 is 1.38 bits per heavy atom. The molecule has 0 aromatic carbocycles. The van der Waals surface area contributed by atoms with Gasteiger partial charge in [0.1, 0.15) is 0 Å². The molecule has 0 bridgehead atoms. The van der Waals surface area contributed by atoms with Crippen molar-refractivity contribution in [2.45, 2.75) is 95.3 Å². The maximum absolute atomic E-state index is 4.71. The Balaban J connectivity index is 1.80. The third-order valence-electron chi connectivity index (χ3n) is 4.05. The molecule has 0 aliphatic rings. The predicted octanol–water partition coefficient (Wildman–Crippen LogP) is 5.76. The standard InChI is InChI=1S/C17H30NS.CH3.Sn/c1-2-3-4-5-6-7-8-9-10-11-12-13-14-17-15-19-16-18-17;;/h15H,2-14H2,1H3;1H3;. The van der Waals surface area contributed by atoms with Crippen molar-refractivity contribution in [3.63, 3.8) is 0 Å². The van der Waals surface area contributed by atoms with Gasteiger partial charge in [-0.2, -0.15) is 0 Å². The molecule has 120 valence electrons. The monoisotopic (exact) mass is 415 g/mol. The zero-order chi connectivity index (χ0) is 15.2. The molecule has 21 heavy (non-hydrogen) atoms. The van der Waals surface area contributed by atoms with Crippen molar-refractivity contribution in [2.24, 2.45) is 0 Å². The van der Waals surface area contributed by atoms with Crippen LogP contribution in [0.25, 0.3) is 0 Å². The van der Waals surface area contributed by atoms with Crippen molar-refractivity contribution >= 4 is 35.5 Å². The molecule has 0 saturated carbocycles. The summed E-state index contributed by atoms with van der Waals surface area (Å²) in [6.07, 6.45) is 18.4. The van der Waals surface area contributed by atoms with Gasteiger partial charge in [-0.15, -0.1) is 0 Å². The van der Waals surface area contributed by atoms with Gasteiger partial charge in [-0.1, -0.05) is 32.6 Å². The molecule has 0 amide bonds. The summed E-state index contributed by atoms with van der Waals surface area (Å²) in [5.41, 5.74) is 1.37. The van der Waals surface area contributed by atoms with Crippen LogP contribution in [0.1, 0.15) is 89.7 Å². The van der Waals surface area contributed by atoms with Crippen LogP contribution in [0.4, 0.5) is 0 Å². The number of nitrogens with zero attached hydrogens (tertiary/aromatic N) is 1. The van der Waals surface area contributed by atoms with Gasteiger partial charge in [0.05, 0.1) is 0 Å². The Morgan fingerprint density at radius 3 is 1.86 bits per heavy atom. The van der Waals surface area contributed by atoms with Gasteiger partial charge in [0.2, 0.25) is 0 Å². The second-order valence-electron chi connectivity index (χ2n) is 6.03. The topological polar surface area (TPSA) is 12.9 Å². The minimum atomic E-state index is -0.283. The molecule has 0 spiro atoms. The van der Waals surface area contributed by atoms with Crippen LogP contribution in [-0.4, -0.2) is 26.1 Å². The first-order valence-corrected chi connectivity index (χ1v) is 14.1. The third-order valence-corrected chi connectivity index (χ3v) is 8.67. The summed E-state index contributed by atoms with van der Waals surface area (Å²) in [5.74, 6) is 0. The van der Waals surface area contributed by atoms with E-state index in [1.165, 1.54) is 92.2 Å². The molecular formula is C18H33NSSn. The molecule has 1 aromatic heterocycles. The molecule has 0 aliphatic heterocycles. The Morgan fingerprint density at radius 1 is 0.857 bits per heavy atom. The van der Waals surface area contributed by atoms with Gasteiger partial charge in [-0.25, -0.2) is 0 Å². The van der Waals surface area contributed by atoms with Gasteiger partial charge in [0.25, 0.3) is 0 Å². The Kier molecular flexibility index (Phi) is 13.0. The quantitative estimate of drug-likeness (QED) is 0.279. The molecule has 0 unspecified atom stereocenters. The molecule has 1 nitrogen and oxygen atoms in total. The van der Waals surface area contributed by atoms with Crippen LogP contribution in [0.15, 0.2) is 5.38 Å². The summed E-state index contributed by atoms with van der Waals surface area (Å²) in [6, 6.07) is 0. The van der Waals surface area contributed by atoms with Gasteiger partial charge in [0, 0.05) is 0 Å². The van der Waals surface area contributed by atoms with Crippen LogP contribution in [0, 0.1) is 0 Å². The number of hydrogen-bond donors (Lipinski definition) is 0. The van der Waals surface area contributed by atoms with Crippen molar-refractivity contribution in [1.29, 1.82) is 0 Å². The maximum atomic E-state index is 4.71. The van der Waals surface area contributed by atoms with E-state index < -0.39 is 0 Å². The van der Waals surface area contributed by atoms with Crippen molar-refractivity contribution in [3.05, 3.63) is 11.1 Å². The average Bonchev–Trinajstić information content (AvgIpc) is 2.96. The normalized spacial score (nSPS) is 11.1. The van der Waals surface area contributed by atoms with Crippen molar-refractivity contribution in [1.82, 2.24) is 4.98 Å². The zero-order valence-corrected chi connectivity index (χ0v) is 17.8. The van der Waals surface area contributed by atoms with Gasteiger partial charge in [0.15, 0.2) is 0 Å². The first-order chi connectivity index (χ1) is 10.4. The minimum absolute atomic E-state index is 0.283. The first-order valence-electron chi connectivity index (χ1n) is 8.99. The zero-order valence-electron chi connectivity index (χ0n) is 14.1. The fraction of sp³-hybridized carbons (Fsp3) is 0.833. The fourth-order valence-corrected chi connectivity index (χ4v) is 5.63. The number of hydrogen-bond acceptors (Lipinski definition) is 2. The van der Waals surface area contributed by atoms with Crippen LogP contribution in [0.3, 0.4) is 0 Å². The van der Waals surface area contributed by atoms with Crippen LogP contribution in [-0.2, 0) is 6.42 Å². The Bertz CT molecular complexity index is 338. The van der Waals surface area contributed by atoms with E-state index in [1.54, 1.807) is 0 Å². The van der Waals surface area contributed by atoms with Gasteiger partial charge in [-0.05, 0) is 0 Å². The molecule has 2 radical (unpaired) electrons. The van der Waals surface area contributed by atoms with Gasteiger partial charge in [-0.3, -0.25) is 0 Å². The predicted molar refractivity (Wildman–Crippen MR) is 98.1 cm³/mol. The van der Waals surface area contributed by atoms with E-state index in [2.05, 4.69) is 17.2 Å². The van der Waals surface area contributed by atoms with E-state index >= 15 is 0 Å². The van der Waals surface area contributed by atoms with Crippen LogP contribution >= 0.6 is 11.3 Å². The number of thiazole rings is 1. The number of unbranched alkanes of at least 4 members (excludes halogenated alkanes) is 11. The summed E-state index contributed by atoms with van der Waals surface area (Å²) in [6.45, 7) is 2.29. The molecule has 3 heteroatoms. The third kappa shape index (κ3) is 10.7. The van der Waals surface area contributed by atoms with Crippen molar-refractivity contribution in [3.8, 4) is 0 Å². The summed E-state index contributed by atoms with van der Waals surface area (Å²) >= 11 is 1.61.